The summed E-state index contributed by atoms with van der Waals surface area (Å²) in [4.78, 5) is 36.4. The van der Waals surface area contributed by atoms with Gasteiger partial charge < -0.3 is 23.5 Å². The molecular formula is C26H43NO8S2. The van der Waals surface area contributed by atoms with E-state index in [1.807, 2.05) is 33.8 Å². The quantitative estimate of drug-likeness (QED) is 0.110. The van der Waals surface area contributed by atoms with Crippen LogP contribution in [0.25, 0.3) is 0 Å². The first kappa shape index (κ1) is 33.5. The number of unbranched alkanes of at least 4 members (excludes halogenated alkanes) is 2. The fourth-order valence-corrected chi connectivity index (χ4v) is 5.90. The third-order valence-corrected chi connectivity index (χ3v) is 8.44. The second-order valence-electron chi connectivity index (χ2n) is 9.97. The topological polar surface area (TPSA) is 123 Å². The minimum atomic E-state index is -1.51. The Morgan fingerprint density at radius 1 is 1.03 bits per heavy atom. The van der Waals surface area contributed by atoms with Gasteiger partial charge in [0.05, 0.1) is 6.04 Å². The van der Waals surface area contributed by atoms with Crippen LogP contribution in [0.4, 0.5) is 0 Å². The van der Waals surface area contributed by atoms with E-state index in [9.17, 15) is 18.9 Å². The van der Waals surface area contributed by atoms with Crippen LogP contribution in [0.3, 0.4) is 0 Å². The Morgan fingerprint density at radius 3 is 2.05 bits per heavy atom. The Hall–Kier alpha value is -1.53. The predicted molar refractivity (Wildman–Crippen MR) is 146 cm³/mol. The van der Waals surface area contributed by atoms with Crippen LogP contribution in [0.1, 0.15) is 67.7 Å². The lowest BCUT2D eigenvalue weighted by Gasteiger charge is -2.47. The Balaban J connectivity index is 3.54. The summed E-state index contributed by atoms with van der Waals surface area (Å²) in [7, 11) is 0. The molecule has 9 nitrogen and oxygen atoms in total. The maximum absolute atomic E-state index is 13.1. The standard InChI is InChI=1S/C26H43NO8S2/c1-10-12-13-14-15-36-25-24(34-19(6)30)23(33-18(5)29)22(32-17(4)28)21(35-25)20(16(3)11-2)27-37(31)26(7,8)9/h10-11,16,20-25,27H,1-2,12-15H2,3-9H3/t16-,20-,21-,22+,23+,24-,25-,37?/m1/s1. The molecule has 212 valence electrons. The molecule has 8 atom stereocenters. The highest BCUT2D eigenvalue weighted by molar-refractivity contribution is 7.99. The second-order valence-corrected chi connectivity index (χ2v) is 13.2. The maximum Gasteiger partial charge on any atom is 0.303 e. The van der Waals surface area contributed by atoms with Crippen molar-refractivity contribution in [3.63, 3.8) is 0 Å². The minimum Gasteiger partial charge on any atom is -0.598 e. The molecule has 0 amide bonds. The van der Waals surface area contributed by atoms with E-state index in [0.717, 1.165) is 19.3 Å². The lowest BCUT2D eigenvalue weighted by Crippen LogP contribution is -2.66. The molecule has 1 saturated heterocycles. The van der Waals surface area contributed by atoms with E-state index in [1.54, 1.807) is 6.08 Å². The van der Waals surface area contributed by atoms with E-state index < -0.39 is 69.9 Å². The van der Waals surface area contributed by atoms with Crippen molar-refractivity contribution in [2.45, 2.75) is 108 Å². The molecule has 0 bridgehead atoms. The van der Waals surface area contributed by atoms with Crippen LogP contribution in [0.5, 0.6) is 0 Å². The zero-order valence-corrected chi connectivity index (χ0v) is 24.7. The molecule has 0 aromatic carbocycles. The van der Waals surface area contributed by atoms with E-state index in [4.69, 9.17) is 18.9 Å². The van der Waals surface area contributed by atoms with Crippen LogP contribution in [-0.4, -0.2) is 68.9 Å². The number of allylic oxidation sites excluding steroid dienone is 1. The maximum atomic E-state index is 13.1. The van der Waals surface area contributed by atoms with Crippen LogP contribution in [-0.2, 0) is 44.7 Å². The molecule has 37 heavy (non-hydrogen) atoms. The number of esters is 3. The summed E-state index contributed by atoms with van der Waals surface area (Å²) in [6.45, 7) is 18.7. The highest BCUT2D eigenvalue weighted by Gasteiger charge is 2.55. The molecule has 0 spiro atoms. The molecule has 11 heteroatoms. The fourth-order valence-electron chi connectivity index (χ4n) is 3.74. The number of rotatable bonds is 14. The van der Waals surface area contributed by atoms with Crippen molar-refractivity contribution in [1.29, 1.82) is 0 Å². The van der Waals surface area contributed by atoms with Crippen molar-refractivity contribution in [2.75, 3.05) is 5.75 Å². The molecule has 0 aliphatic carbocycles. The number of ether oxygens (including phenoxy) is 4. The van der Waals surface area contributed by atoms with Crippen molar-refractivity contribution in [2.24, 2.45) is 5.92 Å². The van der Waals surface area contributed by atoms with E-state index >= 15 is 0 Å². The molecule has 1 fully saturated rings. The lowest BCUT2D eigenvalue weighted by molar-refractivity contribution is -0.236. The van der Waals surface area contributed by atoms with Gasteiger partial charge in [-0.25, -0.2) is 0 Å². The van der Waals surface area contributed by atoms with Crippen molar-refractivity contribution in [1.82, 2.24) is 4.72 Å². The monoisotopic (exact) mass is 561 g/mol. The predicted octanol–water partition coefficient (Wildman–Crippen LogP) is 3.84. The van der Waals surface area contributed by atoms with Crippen LogP contribution < -0.4 is 4.72 Å². The summed E-state index contributed by atoms with van der Waals surface area (Å²) in [6, 6.07) is -0.637. The summed E-state index contributed by atoms with van der Waals surface area (Å²) in [5, 5.41) is 0. The highest BCUT2D eigenvalue weighted by Crippen LogP contribution is 2.37. The van der Waals surface area contributed by atoms with Gasteiger partial charge in [-0.05, 0) is 51.7 Å². The number of carbonyl (C=O) groups is 3. The first-order chi connectivity index (χ1) is 17.2. The summed E-state index contributed by atoms with van der Waals surface area (Å²) < 4.78 is 39.0. The smallest absolute Gasteiger partial charge is 0.303 e. The largest absolute Gasteiger partial charge is 0.598 e. The molecule has 1 aliphatic rings. The molecule has 1 N–H and O–H groups in total. The van der Waals surface area contributed by atoms with Crippen molar-refractivity contribution < 1.29 is 37.9 Å². The van der Waals surface area contributed by atoms with Crippen molar-refractivity contribution in [3.8, 4) is 0 Å². The van der Waals surface area contributed by atoms with Gasteiger partial charge in [-0.15, -0.1) is 29.6 Å². The first-order valence-corrected chi connectivity index (χ1v) is 14.6. The molecule has 1 aliphatic heterocycles. The van der Waals surface area contributed by atoms with Gasteiger partial charge >= 0.3 is 17.9 Å². The van der Waals surface area contributed by atoms with Gasteiger partial charge in [-0.3, -0.25) is 14.4 Å². The van der Waals surface area contributed by atoms with Crippen LogP contribution >= 0.6 is 11.8 Å². The Bertz CT molecular complexity index is 787. The highest BCUT2D eigenvalue weighted by atomic mass is 32.2. The summed E-state index contributed by atoms with van der Waals surface area (Å²) in [5.41, 5.74) is -0.738. The second kappa shape index (κ2) is 15.8. The lowest BCUT2D eigenvalue weighted by atomic mass is 9.88. The van der Waals surface area contributed by atoms with Crippen LogP contribution in [0.2, 0.25) is 0 Å². The van der Waals surface area contributed by atoms with Gasteiger partial charge in [-0.2, -0.15) is 0 Å². The number of nitrogens with one attached hydrogen (secondary N) is 1. The summed E-state index contributed by atoms with van der Waals surface area (Å²) in [6.07, 6.45) is 1.98. The molecule has 0 radical (unpaired) electrons. The SMILES string of the molecule is C=CCCCCS[C@H]1O[C@H]([C@H](N[S+]([O-])C(C)(C)C)[C@H](C)C=C)[C@H](OC(C)=O)[C@H](OC(C)=O)[C@H]1OC(C)=O. The normalized spacial score (nSPS) is 26.3. The Morgan fingerprint density at radius 2 is 1.57 bits per heavy atom. The van der Waals surface area contributed by atoms with Crippen molar-refractivity contribution >= 4 is 41.0 Å². The number of hydrogen-bond acceptors (Lipinski definition) is 10. The first-order valence-electron chi connectivity index (χ1n) is 12.4. The van der Waals surface area contributed by atoms with E-state index in [2.05, 4.69) is 17.9 Å². The minimum absolute atomic E-state index is 0.282. The Kier molecular flexibility index (Phi) is 14.3. The molecule has 0 aromatic rings. The average molecular weight is 562 g/mol. The number of carbonyl (C=O) groups excluding carboxylic acids is 3. The molecule has 1 heterocycles. The van der Waals surface area contributed by atoms with Gasteiger partial charge in [0, 0.05) is 32.1 Å². The zero-order chi connectivity index (χ0) is 28.3. The average Bonchev–Trinajstić information content (AvgIpc) is 2.78. The van der Waals surface area contributed by atoms with Gasteiger partial charge in [-0.1, -0.05) is 19.1 Å². The molecular weight excluding hydrogens is 518 g/mol. The summed E-state index contributed by atoms with van der Waals surface area (Å²) >= 11 is -0.0871. The number of hydrogen-bond donors (Lipinski definition) is 1. The van der Waals surface area contributed by atoms with Crippen LogP contribution in [0.15, 0.2) is 25.3 Å². The van der Waals surface area contributed by atoms with Gasteiger partial charge in [0.2, 0.25) is 0 Å². The Labute approximate surface area is 228 Å². The van der Waals surface area contributed by atoms with E-state index in [1.165, 1.54) is 32.5 Å². The molecule has 1 unspecified atom stereocenters. The van der Waals surface area contributed by atoms with E-state index in [0.29, 0.717) is 5.75 Å². The van der Waals surface area contributed by atoms with E-state index in [-0.39, 0.29) is 5.92 Å². The van der Waals surface area contributed by atoms with Crippen molar-refractivity contribution in [3.05, 3.63) is 25.3 Å². The fraction of sp³-hybridized carbons (Fsp3) is 0.731. The number of thioether (sulfide) groups is 1. The van der Waals surface area contributed by atoms with Gasteiger partial charge in [0.25, 0.3) is 0 Å². The molecule has 0 saturated carbocycles. The third kappa shape index (κ3) is 11.0. The molecule has 0 aromatic heterocycles. The third-order valence-electron chi connectivity index (χ3n) is 5.61. The zero-order valence-electron chi connectivity index (χ0n) is 23.0. The van der Waals surface area contributed by atoms with Gasteiger partial charge in [0.15, 0.2) is 18.3 Å². The van der Waals surface area contributed by atoms with Gasteiger partial charge in [0.1, 0.15) is 16.3 Å². The molecule has 1 rings (SSSR count). The summed E-state index contributed by atoms with van der Waals surface area (Å²) in [5.74, 6) is -1.46. The van der Waals surface area contributed by atoms with Crippen LogP contribution in [0, 0.1) is 5.92 Å².